The van der Waals surface area contributed by atoms with Crippen molar-refractivity contribution in [2.24, 2.45) is 5.73 Å². The first kappa shape index (κ1) is 17.1. The lowest BCUT2D eigenvalue weighted by Crippen LogP contribution is -2.18. The maximum absolute atomic E-state index is 10.8. The van der Waals surface area contributed by atoms with Gasteiger partial charge in [-0.25, -0.2) is 4.68 Å². The first-order valence-corrected chi connectivity index (χ1v) is 8.21. The van der Waals surface area contributed by atoms with Gasteiger partial charge in [-0.3, -0.25) is 4.79 Å². The summed E-state index contributed by atoms with van der Waals surface area (Å²) in [5, 5.41) is 8.36. The molecule has 1 aromatic carbocycles. The number of primary amides is 1. The van der Waals surface area contributed by atoms with Gasteiger partial charge in [0.1, 0.15) is 12.4 Å². The Balaban J connectivity index is 2.10. The van der Waals surface area contributed by atoms with Gasteiger partial charge in [-0.2, -0.15) is 0 Å². The van der Waals surface area contributed by atoms with Crippen LogP contribution in [0.15, 0.2) is 23.4 Å². The SMILES string of the molecule is Cc1ccc(C(C)C)c(OCc2nnc(SCC(N)=O)n2N)c1. The van der Waals surface area contributed by atoms with Crippen LogP contribution in [0.25, 0.3) is 0 Å². The van der Waals surface area contributed by atoms with E-state index in [0.29, 0.717) is 16.9 Å². The quantitative estimate of drug-likeness (QED) is 0.587. The Labute approximate surface area is 139 Å². The van der Waals surface area contributed by atoms with Crippen LogP contribution in [-0.4, -0.2) is 26.5 Å². The number of aryl methyl sites for hydroxylation is 1. The van der Waals surface area contributed by atoms with E-state index < -0.39 is 5.91 Å². The average molecular weight is 335 g/mol. The Bertz CT molecular complexity index is 699. The zero-order chi connectivity index (χ0) is 17.0. The molecule has 0 saturated heterocycles. The molecule has 124 valence electrons. The number of benzene rings is 1. The van der Waals surface area contributed by atoms with E-state index in [0.717, 1.165) is 28.6 Å². The average Bonchev–Trinajstić information content (AvgIpc) is 2.83. The third-order valence-corrected chi connectivity index (χ3v) is 4.19. The molecule has 0 spiro atoms. The van der Waals surface area contributed by atoms with Crippen molar-refractivity contribution in [3.8, 4) is 5.75 Å². The topological polar surface area (TPSA) is 109 Å². The second kappa shape index (κ2) is 7.36. The maximum atomic E-state index is 10.8. The van der Waals surface area contributed by atoms with Gasteiger partial charge in [-0.1, -0.05) is 37.7 Å². The number of nitrogen functional groups attached to an aromatic ring is 1. The van der Waals surface area contributed by atoms with E-state index in [-0.39, 0.29) is 12.4 Å². The molecule has 0 aliphatic rings. The van der Waals surface area contributed by atoms with Gasteiger partial charge in [-0.15, -0.1) is 10.2 Å². The van der Waals surface area contributed by atoms with E-state index in [1.54, 1.807) is 0 Å². The summed E-state index contributed by atoms with van der Waals surface area (Å²) in [7, 11) is 0. The summed E-state index contributed by atoms with van der Waals surface area (Å²) in [6, 6.07) is 6.12. The second-order valence-corrected chi connectivity index (χ2v) is 6.45. The van der Waals surface area contributed by atoms with Crippen molar-refractivity contribution < 1.29 is 9.53 Å². The molecule has 4 N–H and O–H groups in total. The molecule has 1 heterocycles. The Morgan fingerprint density at radius 2 is 2.13 bits per heavy atom. The van der Waals surface area contributed by atoms with Crippen LogP contribution < -0.4 is 16.3 Å². The van der Waals surface area contributed by atoms with Crippen molar-refractivity contribution in [3.63, 3.8) is 0 Å². The normalized spacial score (nSPS) is 11.0. The van der Waals surface area contributed by atoms with E-state index >= 15 is 0 Å². The van der Waals surface area contributed by atoms with Crippen LogP contribution in [0.3, 0.4) is 0 Å². The largest absolute Gasteiger partial charge is 0.485 e. The highest BCUT2D eigenvalue weighted by atomic mass is 32.2. The predicted octanol–water partition coefficient (Wildman–Crippen LogP) is 1.58. The highest BCUT2D eigenvalue weighted by molar-refractivity contribution is 7.99. The van der Waals surface area contributed by atoms with Crippen molar-refractivity contribution >= 4 is 17.7 Å². The molecule has 2 aromatic rings. The maximum Gasteiger partial charge on any atom is 0.227 e. The fourth-order valence-electron chi connectivity index (χ4n) is 2.03. The fourth-order valence-corrected chi connectivity index (χ4v) is 2.64. The zero-order valence-electron chi connectivity index (χ0n) is 13.4. The third kappa shape index (κ3) is 4.38. The summed E-state index contributed by atoms with van der Waals surface area (Å²) in [5.74, 6) is 7.23. The molecule has 0 bridgehead atoms. The van der Waals surface area contributed by atoms with Gasteiger partial charge in [-0.05, 0) is 30.0 Å². The second-order valence-electron chi connectivity index (χ2n) is 5.51. The van der Waals surface area contributed by atoms with Crippen LogP contribution in [0, 0.1) is 6.92 Å². The third-order valence-electron chi connectivity index (χ3n) is 3.23. The van der Waals surface area contributed by atoms with Crippen molar-refractivity contribution in [2.75, 3.05) is 11.6 Å². The summed E-state index contributed by atoms with van der Waals surface area (Å²) in [4.78, 5) is 10.8. The Kier molecular flexibility index (Phi) is 5.49. The number of hydrogen-bond acceptors (Lipinski definition) is 6. The van der Waals surface area contributed by atoms with Crippen molar-refractivity contribution in [3.05, 3.63) is 35.2 Å². The van der Waals surface area contributed by atoms with Gasteiger partial charge in [0, 0.05) is 0 Å². The Morgan fingerprint density at radius 1 is 1.39 bits per heavy atom. The molecule has 0 aliphatic carbocycles. The van der Waals surface area contributed by atoms with Crippen LogP contribution in [0.2, 0.25) is 0 Å². The number of rotatable bonds is 7. The number of ether oxygens (including phenoxy) is 1. The van der Waals surface area contributed by atoms with Crippen LogP contribution in [0.4, 0.5) is 0 Å². The standard InChI is InChI=1S/C15H21N5O2S/c1-9(2)11-5-4-10(3)6-12(11)22-7-14-18-19-15(20(14)17)23-8-13(16)21/h4-6,9H,7-8,17H2,1-3H3,(H2,16,21). The number of carbonyl (C=O) groups excluding carboxylic acids is 1. The van der Waals surface area contributed by atoms with E-state index in [2.05, 4.69) is 36.2 Å². The van der Waals surface area contributed by atoms with E-state index in [4.69, 9.17) is 16.3 Å². The molecule has 1 aromatic heterocycles. The lowest BCUT2D eigenvalue weighted by molar-refractivity contribution is -0.115. The number of amides is 1. The van der Waals surface area contributed by atoms with Gasteiger partial charge in [0.2, 0.25) is 11.1 Å². The minimum absolute atomic E-state index is 0.103. The van der Waals surface area contributed by atoms with Gasteiger partial charge < -0.3 is 16.3 Å². The molecule has 1 amide bonds. The molecular weight excluding hydrogens is 314 g/mol. The van der Waals surface area contributed by atoms with Crippen molar-refractivity contribution in [1.29, 1.82) is 0 Å². The van der Waals surface area contributed by atoms with E-state index in [1.807, 2.05) is 13.0 Å². The van der Waals surface area contributed by atoms with E-state index in [9.17, 15) is 4.79 Å². The van der Waals surface area contributed by atoms with Crippen LogP contribution in [0.5, 0.6) is 5.75 Å². The van der Waals surface area contributed by atoms with Crippen LogP contribution >= 0.6 is 11.8 Å². The summed E-state index contributed by atoms with van der Waals surface area (Å²) in [6.07, 6.45) is 0. The number of carbonyl (C=O) groups is 1. The molecule has 8 heteroatoms. The molecule has 7 nitrogen and oxygen atoms in total. The smallest absolute Gasteiger partial charge is 0.227 e. The zero-order valence-corrected chi connectivity index (χ0v) is 14.3. The monoisotopic (exact) mass is 335 g/mol. The number of thioether (sulfide) groups is 1. The van der Waals surface area contributed by atoms with Crippen molar-refractivity contribution in [1.82, 2.24) is 14.9 Å². The number of aromatic nitrogens is 3. The Hall–Kier alpha value is -2.22. The lowest BCUT2D eigenvalue weighted by atomic mass is 10.0. The molecule has 0 saturated carbocycles. The molecule has 23 heavy (non-hydrogen) atoms. The molecule has 0 unspecified atom stereocenters. The molecule has 0 atom stereocenters. The van der Waals surface area contributed by atoms with Gasteiger partial charge in [0.25, 0.3) is 0 Å². The number of hydrogen-bond donors (Lipinski definition) is 2. The highest BCUT2D eigenvalue weighted by Gasteiger charge is 2.14. The predicted molar refractivity (Wildman–Crippen MR) is 89.7 cm³/mol. The summed E-state index contributed by atoms with van der Waals surface area (Å²) in [5.41, 5.74) is 7.36. The summed E-state index contributed by atoms with van der Waals surface area (Å²) < 4.78 is 7.20. The number of nitrogens with two attached hydrogens (primary N) is 2. The van der Waals surface area contributed by atoms with E-state index in [1.165, 1.54) is 4.68 Å². The van der Waals surface area contributed by atoms with Crippen LogP contribution in [-0.2, 0) is 11.4 Å². The van der Waals surface area contributed by atoms with Gasteiger partial charge >= 0.3 is 0 Å². The molecule has 0 radical (unpaired) electrons. The minimum atomic E-state index is -0.433. The van der Waals surface area contributed by atoms with Gasteiger partial charge in [0.05, 0.1) is 5.75 Å². The van der Waals surface area contributed by atoms with Crippen molar-refractivity contribution in [2.45, 2.75) is 38.5 Å². The lowest BCUT2D eigenvalue weighted by Gasteiger charge is -2.14. The molecule has 0 fully saturated rings. The summed E-state index contributed by atoms with van der Waals surface area (Å²) in [6.45, 7) is 6.44. The first-order chi connectivity index (χ1) is 10.9. The fraction of sp³-hybridized carbons (Fsp3) is 0.400. The summed E-state index contributed by atoms with van der Waals surface area (Å²) >= 11 is 1.14. The molecule has 2 rings (SSSR count). The number of nitrogens with zero attached hydrogens (tertiary/aromatic N) is 3. The Morgan fingerprint density at radius 3 is 2.78 bits per heavy atom. The molecule has 0 aliphatic heterocycles. The molecular formula is C15H21N5O2S. The first-order valence-electron chi connectivity index (χ1n) is 7.22. The van der Waals surface area contributed by atoms with Crippen LogP contribution in [0.1, 0.15) is 36.7 Å². The highest BCUT2D eigenvalue weighted by Crippen LogP contribution is 2.28. The van der Waals surface area contributed by atoms with Gasteiger partial charge in [0.15, 0.2) is 5.82 Å². The minimum Gasteiger partial charge on any atom is -0.485 e.